The summed E-state index contributed by atoms with van der Waals surface area (Å²) in [4.78, 5) is 25.4. The number of carbonyl (C=O) groups excluding carboxylic acids is 2. The summed E-state index contributed by atoms with van der Waals surface area (Å²) < 4.78 is 11.1. The molecule has 2 aliphatic heterocycles. The molecule has 5 rings (SSSR count). The second kappa shape index (κ2) is 4.80. The maximum atomic E-state index is 13.2. The van der Waals surface area contributed by atoms with Gasteiger partial charge in [0.15, 0.2) is 0 Å². The Morgan fingerprint density at radius 2 is 1.48 bits per heavy atom. The first-order chi connectivity index (χ1) is 12.2. The van der Waals surface area contributed by atoms with E-state index in [-0.39, 0.29) is 5.78 Å². The zero-order chi connectivity index (χ0) is 17.0. The van der Waals surface area contributed by atoms with E-state index in [0.29, 0.717) is 16.7 Å². The fraction of sp³-hybridized carbons (Fsp3) is 0.0476. The number of rotatable bonds is 1. The summed E-state index contributed by atoms with van der Waals surface area (Å²) in [6, 6.07) is 20.4. The molecular weight excluding hydrogens is 316 g/mol. The monoisotopic (exact) mass is 328 g/mol. The van der Waals surface area contributed by atoms with Crippen molar-refractivity contribution in [2.75, 3.05) is 0 Å². The van der Waals surface area contributed by atoms with Crippen molar-refractivity contribution in [3.05, 3.63) is 89.7 Å². The van der Waals surface area contributed by atoms with Gasteiger partial charge in [-0.05, 0) is 28.5 Å². The van der Waals surface area contributed by atoms with E-state index in [0.717, 1.165) is 16.3 Å². The number of hydrogen-bond acceptors (Lipinski definition) is 4. The third-order valence-corrected chi connectivity index (χ3v) is 4.70. The molecule has 3 aromatic carbocycles. The van der Waals surface area contributed by atoms with Crippen molar-refractivity contribution in [3.8, 4) is 0 Å². The van der Waals surface area contributed by atoms with Gasteiger partial charge in [-0.15, -0.1) is 0 Å². The molecule has 0 aromatic heterocycles. The van der Waals surface area contributed by atoms with Gasteiger partial charge in [0.1, 0.15) is 6.26 Å². The lowest BCUT2D eigenvalue weighted by atomic mass is 9.91. The topological polar surface area (TPSA) is 52.6 Å². The third kappa shape index (κ3) is 1.76. The number of esters is 1. The molecule has 25 heavy (non-hydrogen) atoms. The van der Waals surface area contributed by atoms with Gasteiger partial charge in [-0.1, -0.05) is 54.6 Å². The van der Waals surface area contributed by atoms with Crippen LogP contribution in [0.15, 0.2) is 73.0 Å². The molecule has 0 radical (unpaired) electrons. The summed E-state index contributed by atoms with van der Waals surface area (Å²) in [7, 11) is 0. The molecule has 2 aliphatic rings. The number of fused-ring (bicyclic) bond motifs is 3. The molecule has 0 bridgehead atoms. The first kappa shape index (κ1) is 14.0. The van der Waals surface area contributed by atoms with E-state index >= 15 is 0 Å². The maximum Gasteiger partial charge on any atom is 0.347 e. The van der Waals surface area contributed by atoms with Crippen LogP contribution >= 0.6 is 0 Å². The lowest BCUT2D eigenvalue weighted by Gasteiger charge is -2.21. The van der Waals surface area contributed by atoms with Gasteiger partial charge >= 0.3 is 11.8 Å². The molecule has 0 amide bonds. The van der Waals surface area contributed by atoms with Gasteiger partial charge in [-0.3, -0.25) is 4.79 Å². The van der Waals surface area contributed by atoms with Gasteiger partial charge in [0.25, 0.3) is 5.78 Å². The molecule has 4 nitrogen and oxygen atoms in total. The average molecular weight is 328 g/mol. The molecule has 3 aromatic rings. The van der Waals surface area contributed by atoms with Crippen LogP contribution in [-0.2, 0) is 20.1 Å². The van der Waals surface area contributed by atoms with Crippen LogP contribution < -0.4 is 0 Å². The minimum Gasteiger partial charge on any atom is -0.449 e. The fourth-order valence-corrected chi connectivity index (χ4v) is 3.52. The number of carbonyl (C=O) groups is 2. The summed E-state index contributed by atoms with van der Waals surface area (Å²) in [6.07, 6.45) is 1.40. The standard InChI is InChI=1S/C21H12O4/c22-19-17(15-10-5-7-13-6-1-2-8-14(13)15)12-24-21(19)18-11-4-3-9-16(18)20(23)25-21/h1-12H. The first-order valence-electron chi connectivity index (χ1n) is 7.94. The molecule has 120 valence electrons. The molecule has 2 heterocycles. The van der Waals surface area contributed by atoms with E-state index in [4.69, 9.17) is 9.47 Å². The second-order valence-electron chi connectivity index (χ2n) is 6.06. The van der Waals surface area contributed by atoms with Gasteiger partial charge in [0.2, 0.25) is 0 Å². The van der Waals surface area contributed by atoms with Crippen LogP contribution in [-0.4, -0.2) is 11.8 Å². The number of benzene rings is 3. The first-order valence-corrected chi connectivity index (χ1v) is 7.94. The highest BCUT2D eigenvalue weighted by Crippen LogP contribution is 2.46. The number of ketones is 1. The number of Topliss-reactive ketones (excluding diaryl/α,β-unsaturated/α-hetero) is 1. The Labute approximate surface area is 143 Å². The van der Waals surface area contributed by atoms with Crippen LogP contribution in [0, 0.1) is 0 Å². The van der Waals surface area contributed by atoms with E-state index in [1.807, 2.05) is 42.5 Å². The van der Waals surface area contributed by atoms with Gasteiger partial charge < -0.3 is 9.47 Å². The van der Waals surface area contributed by atoms with Crippen molar-refractivity contribution >= 4 is 28.1 Å². The van der Waals surface area contributed by atoms with E-state index < -0.39 is 11.8 Å². The average Bonchev–Trinajstić information content (AvgIpc) is 3.13. The zero-order valence-corrected chi connectivity index (χ0v) is 13.1. The Bertz CT molecular complexity index is 1090. The van der Waals surface area contributed by atoms with Gasteiger partial charge in [0, 0.05) is 0 Å². The van der Waals surface area contributed by atoms with E-state index in [9.17, 15) is 9.59 Å². The van der Waals surface area contributed by atoms with Gasteiger partial charge in [0.05, 0.1) is 16.7 Å². The minimum atomic E-state index is -1.69. The van der Waals surface area contributed by atoms with Crippen molar-refractivity contribution in [2.45, 2.75) is 5.79 Å². The quantitative estimate of drug-likeness (QED) is 0.638. The van der Waals surface area contributed by atoms with Crippen molar-refractivity contribution in [2.24, 2.45) is 0 Å². The molecular formula is C21H12O4. The summed E-state index contributed by atoms with van der Waals surface area (Å²) in [5.41, 5.74) is 1.99. The molecule has 1 atom stereocenters. The van der Waals surface area contributed by atoms with Gasteiger partial charge in [-0.2, -0.15) is 0 Å². The lowest BCUT2D eigenvalue weighted by Crippen LogP contribution is -2.34. The predicted molar refractivity (Wildman–Crippen MR) is 91.6 cm³/mol. The predicted octanol–water partition coefficient (Wildman–Crippen LogP) is 3.80. The molecule has 0 saturated heterocycles. The van der Waals surface area contributed by atoms with Crippen LogP contribution in [0.25, 0.3) is 16.3 Å². The Morgan fingerprint density at radius 1 is 0.760 bits per heavy atom. The number of hydrogen-bond donors (Lipinski definition) is 0. The van der Waals surface area contributed by atoms with Crippen LogP contribution in [0.1, 0.15) is 21.5 Å². The summed E-state index contributed by atoms with van der Waals surface area (Å²) in [5.74, 6) is -2.60. The summed E-state index contributed by atoms with van der Waals surface area (Å²) >= 11 is 0. The number of ether oxygens (including phenoxy) is 2. The van der Waals surface area contributed by atoms with Crippen molar-refractivity contribution in [3.63, 3.8) is 0 Å². The molecule has 1 unspecified atom stereocenters. The van der Waals surface area contributed by atoms with E-state index in [1.54, 1.807) is 24.3 Å². The Balaban J connectivity index is 1.66. The highest BCUT2D eigenvalue weighted by atomic mass is 16.7. The van der Waals surface area contributed by atoms with Crippen LogP contribution in [0.2, 0.25) is 0 Å². The van der Waals surface area contributed by atoms with Crippen LogP contribution in [0.3, 0.4) is 0 Å². The van der Waals surface area contributed by atoms with E-state index in [2.05, 4.69) is 0 Å². The summed E-state index contributed by atoms with van der Waals surface area (Å²) in [6.45, 7) is 0. The smallest absolute Gasteiger partial charge is 0.347 e. The maximum absolute atomic E-state index is 13.2. The minimum absolute atomic E-state index is 0.359. The molecule has 0 fully saturated rings. The molecule has 0 saturated carbocycles. The van der Waals surface area contributed by atoms with Gasteiger partial charge in [-0.25, -0.2) is 4.79 Å². The van der Waals surface area contributed by atoms with Crippen molar-refractivity contribution in [1.29, 1.82) is 0 Å². The Kier molecular flexibility index (Phi) is 2.69. The third-order valence-electron chi connectivity index (χ3n) is 4.70. The Morgan fingerprint density at radius 3 is 2.40 bits per heavy atom. The lowest BCUT2D eigenvalue weighted by molar-refractivity contribution is -0.173. The van der Waals surface area contributed by atoms with Crippen molar-refractivity contribution < 1.29 is 19.1 Å². The fourth-order valence-electron chi connectivity index (χ4n) is 3.52. The highest BCUT2D eigenvalue weighted by Gasteiger charge is 2.57. The van der Waals surface area contributed by atoms with E-state index in [1.165, 1.54) is 6.26 Å². The summed E-state index contributed by atoms with van der Waals surface area (Å²) in [5, 5.41) is 1.97. The zero-order valence-electron chi connectivity index (χ0n) is 13.1. The molecule has 1 spiro atoms. The molecule has 0 N–H and O–H groups in total. The normalized spacial score (nSPS) is 21.2. The second-order valence-corrected chi connectivity index (χ2v) is 6.06. The Hall–Kier alpha value is -3.40. The largest absolute Gasteiger partial charge is 0.449 e. The van der Waals surface area contributed by atoms with Crippen LogP contribution in [0.5, 0.6) is 0 Å². The molecule has 0 aliphatic carbocycles. The van der Waals surface area contributed by atoms with Crippen molar-refractivity contribution in [1.82, 2.24) is 0 Å². The van der Waals surface area contributed by atoms with Crippen LogP contribution in [0.4, 0.5) is 0 Å². The highest BCUT2D eigenvalue weighted by molar-refractivity contribution is 6.29. The SMILES string of the molecule is O=C1OC2(OC=C(c3cccc4ccccc34)C2=O)c2ccccc21. The molecule has 4 heteroatoms.